The third-order valence-corrected chi connectivity index (χ3v) is 6.03. The van der Waals surface area contributed by atoms with Crippen LogP contribution in [0.5, 0.6) is 0 Å². The summed E-state index contributed by atoms with van der Waals surface area (Å²) in [4.78, 5) is 2.84. The van der Waals surface area contributed by atoms with Crippen LogP contribution in [0.3, 0.4) is 0 Å². The van der Waals surface area contributed by atoms with E-state index in [0.717, 1.165) is 35.8 Å². The van der Waals surface area contributed by atoms with E-state index in [-0.39, 0.29) is 0 Å². The molecule has 0 aromatic rings. The molecule has 1 aliphatic heterocycles. The standard InChI is InChI=1S/C16H30N2/c1-11(2)16-10-17-6-7-18(16)12(3)15-9-13-4-5-14(15)8-13/h11-17H,4-10H2,1-3H3. The van der Waals surface area contributed by atoms with Crippen molar-refractivity contribution in [3.05, 3.63) is 0 Å². The Hall–Kier alpha value is -0.0800. The second-order valence-electron chi connectivity index (χ2n) is 7.33. The first-order chi connectivity index (χ1) is 8.66. The van der Waals surface area contributed by atoms with E-state index in [4.69, 9.17) is 0 Å². The predicted molar refractivity (Wildman–Crippen MR) is 76.6 cm³/mol. The number of nitrogens with one attached hydrogen (secondary N) is 1. The van der Waals surface area contributed by atoms with E-state index < -0.39 is 0 Å². The molecule has 0 aromatic heterocycles. The molecule has 0 aromatic carbocycles. The molecule has 5 unspecified atom stereocenters. The van der Waals surface area contributed by atoms with Crippen LogP contribution in [0.4, 0.5) is 0 Å². The molecule has 0 radical (unpaired) electrons. The van der Waals surface area contributed by atoms with E-state index in [0.29, 0.717) is 0 Å². The molecule has 0 spiro atoms. The van der Waals surface area contributed by atoms with E-state index in [2.05, 4.69) is 31.0 Å². The van der Waals surface area contributed by atoms with Crippen LogP contribution in [0.15, 0.2) is 0 Å². The number of piperazine rings is 1. The number of fused-ring (bicyclic) bond motifs is 2. The first-order valence-electron chi connectivity index (χ1n) is 8.13. The zero-order valence-corrected chi connectivity index (χ0v) is 12.4. The fraction of sp³-hybridized carbons (Fsp3) is 1.00. The Morgan fingerprint density at radius 2 is 1.94 bits per heavy atom. The lowest BCUT2D eigenvalue weighted by atomic mass is 9.82. The van der Waals surface area contributed by atoms with Crippen molar-refractivity contribution >= 4 is 0 Å². The van der Waals surface area contributed by atoms with Crippen LogP contribution in [0.2, 0.25) is 0 Å². The molecule has 5 atom stereocenters. The normalized spacial score (nSPS) is 42.7. The first kappa shape index (κ1) is 12.9. The van der Waals surface area contributed by atoms with Crippen molar-refractivity contribution in [2.24, 2.45) is 23.7 Å². The van der Waals surface area contributed by atoms with E-state index in [9.17, 15) is 0 Å². The Balaban J connectivity index is 1.68. The maximum absolute atomic E-state index is 3.58. The average molecular weight is 250 g/mol. The third kappa shape index (κ3) is 2.22. The van der Waals surface area contributed by atoms with Gasteiger partial charge >= 0.3 is 0 Å². The van der Waals surface area contributed by atoms with Crippen LogP contribution >= 0.6 is 0 Å². The zero-order chi connectivity index (χ0) is 12.7. The molecular weight excluding hydrogens is 220 g/mol. The summed E-state index contributed by atoms with van der Waals surface area (Å²) in [6, 6.07) is 1.57. The lowest BCUT2D eigenvalue weighted by Crippen LogP contribution is -2.58. The van der Waals surface area contributed by atoms with Crippen LogP contribution in [0.25, 0.3) is 0 Å². The summed E-state index contributed by atoms with van der Waals surface area (Å²) in [5.74, 6) is 3.93. The minimum absolute atomic E-state index is 0.757. The number of nitrogens with zero attached hydrogens (tertiary/aromatic N) is 1. The predicted octanol–water partition coefficient (Wildman–Crippen LogP) is 2.74. The smallest absolute Gasteiger partial charge is 0.0247 e. The van der Waals surface area contributed by atoms with Crippen LogP contribution in [0.1, 0.15) is 46.5 Å². The molecule has 1 saturated heterocycles. The van der Waals surface area contributed by atoms with Crippen molar-refractivity contribution in [1.29, 1.82) is 0 Å². The topological polar surface area (TPSA) is 15.3 Å². The molecule has 3 aliphatic rings. The number of hydrogen-bond donors (Lipinski definition) is 1. The Kier molecular flexibility index (Phi) is 3.68. The second-order valence-corrected chi connectivity index (χ2v) is 7.33. The van der Waals surface area contributed by atoms with Crippen LogP contribution in [-0.4, -0.2) is 36.6 Å². The lowest BCUT2D eigenvalue weighted by molar-refractivity contribution is 0.0402. The summed E-state index contributed by atoms with van der Waals surface area (Å²) in [7, 11) is 0. The van der Waals surface area contributed by atoms with Gasteiger partial charge in [0.15, 0.2) is 0 Å². The molecule has 3 fully saturated rings. The number of hydrogen-bond acceptors (Lipinski definition) is 2. The molecule has 1 N–H and O–H groups in total. The molecular formula is C16H30N2. The van der Waals surface area contributed by atoms with Gasteiger partial charge in [0.25, 0.3) is 0 Å². The molecule has 3 rings (SSSR count). The maximum Gasteiger partial charge on any atom is 0.0247 e. The summed E-state index contributed by atoms with van der Waals surface area (Å²) >= 11 is 0. The van der Waals surface area contributed by atoms with Gasteiger partial charge in [0.1, 0.15) is 0 Å². The van der Waals surface area contributed by atoms with Gasteiger partial charge < -0.3 is 5.32 Å². The summed E-state index contributed by atoms with van der Waals surface area (Å²) in [6.07, 6.45) is 6.13. The monoisotopic (exact) mass is 250 g/mol. The molecule has 2 heteroatoms. The van der Waals surface area contributed by atoms with Crippen LogP contribution in [0, 0.1) is 23.7 Å². The lowest BCUT2D eigenvalue weighted by Gasteiger charge is -2.46. The molecule has 2 saturated carbocycles. The van der Waals surface area contributed by atoms with Gasteiger partial charge in [-0.25, -0.2) is 0 Å². The van der Waals surface area contributed by atoms with Gasteiger partial charge in [-0.15, -0.1) is 0 Å². The van der Waals surface area contributed by atoms with Crippen molar-refractivity contribution in [3.8, 4) is 0 Å². The van der Waals surface area contributed by atoms with E-state index in [1.54, 1.807) is 6.42 Å². The van der Waals surface area contributed by atoms with Gasteiger partial charge in [-0.1, -0.05) is 20.3 Å². The summed E-state index contributed by atoms with van der Waals surface area (Å²) < 4.78 is 0. The highest BCUT2D eigenvalue weighted by Gasteiger charge is 2.44. The highest BCUT2D eigenvalue weighted by Crippen LogP contribution is 2.50. The zero-order valence-electron chi connectivity index (χ0n) is 12.4. The Labute approximate surface area is 113 Å². The highest BCUT2D eigenvalue weighted by molar-refractivity contribution is 4.97. The highest BCUT2D eigenvalue weighted by atomic mass is 15.2. The quantitative estimate of drug-likeness (QED) is 0.828. The van der Waals surface area contributed by atoms with E-state index in [1.165, 1.54) is 38.9 Å². The summed E-state index contributed by atoms with van der Waals surface area (Å²) in [6.45, 7) is 10.9. The maximum atomic E-state index is 3.58. The largest absolute Gasteiger partial charge is 0.314 e. The second kappa shape index (κ2) is 5.13. The first-order valence-corrected chi connectivity index (χ1v) is 8.13. The Morgan fingerprint density at radius 3 is 2.56 bits per heavy atom. The van der Waals surface area contributed by atoms with Crippen molar-refractivity contribution in [2.45, 2.75) is 58.5 Å². The van der Waals surface area contributed by atoms with Gasteiger partial charge in [-0.05, 0) is 49.9 Å². The van der Waals surface area contributed by atoms with Gasteiger partial charge in [0, 0.05) is 31.7 Å². The average Bonchev–Trinajstić information content (AvgIpc) is 3.00. The van der Waals surface area contributed by atoms with Gasteiger partial charge in [0.2, 0.25) is 0 Å². The number of rotatable bonds is 3. The van der Waals surface area contributed by atoms with Crippen molar-refractivity contribution in [3.63, 3.8) is 0 Å². The van der Waals surface area contributed by atoms with Crippen LogP contribution in [-0.2, 0) is 0 Å². The fourth-order valence-corrected chi connectivity index (χ4v) is 5.00. The fourth-order valence-electron chi connectivity index (χ4n) is 5.00. The van der Waals surface area contributed by atoms with Gasteiger partial charge in [-0.2, -0.15) is 0 Å². The summed E-state index contributed by atoms with van der Waals surface area (Å²) in [5, 5.41) is 3.58. The molecule has 0 amide bonds. The minimum atomic E-state index is 0.757. The third-order valence-electron chi connectivity index (χ3n) is 6.03. The molecule has 2 bridgehead atoms. The Morgan fingerprint density at radius 1 is 1.11 bits per heavy atom. The summed E-state index contributed by atoms with van der Waals surface area (Å²) in [5.41, 5.74) is 0. The van der Waals surface area contributed by atoms with Crippen molar-refractivity contribution in [2.75, 3.05) is 19.6 Å². The molecule has 2 nitrogen and oxygen atoms in total. The van der Waals surface area contributed by atoms with E-state index >= 15 is 0 Å². The van der Waals surface area contributed by atoms with Gasteiger partial charge in [-0.3, -0.25) is 4.90 Å². The van der Waals surface area contributed by atoms with Crippen LogP contribution < -0.4 is 5.32 Å². The van der Waals surface area contributed by atoms with E-state index in [1.807, 2.05) is 0 Å². The van der Waals surface area contributed by atoms with Crippen molar-refractivity contribution < 1.29 is 0 Å². The molecule has 1 heterocycles. The van der Waals surface area contributed by atoms with Gasteiger partial charge in [0.05, 0.1) is 0 Å². The molecule has 2 aliphatic carbocycles. The Bertz CT molecular complexity index is 289. The molecule has 104 valence electrons. The SMILES string of the molecule is CC(C)C1CNCCN1C(C)C1CC2CCC1C2. The van der Waals surface area contributed by atoms with Crippen molar-refractivity contribution in [1.82, 2.24) is 10.2 Å². The minimum Gasteiger partial charge on any atom is -0.314 e. The molecule has 18 heavy (non-hydrogen) atoms.